The second kappa shape index (κ2) is 6.74. The highest BCUT2D eigenvalue weighted by molar-refractivity contribution is 5.85. The van der Waals surface area contributed by atoms with E-state index in [0.717, 1.165) is 5.69 Å². The van der Waals surface area contributed by atoms with Crippen molar-refractivity contribution >= 4 is 31.0 Å². The van der Waals surface area contributed by atoms with Crippen molar-refractivity contribution in [3.05, 3.63) is 18.2 Å². The molecule has 6 heteroatoms. The second-order valence-corrected chi connectivity index (χ2v) is 2.52. The van der Waals surface area contributed by atoms with E-state index in [9.17, 15) is 0 Å². The molecule has 76 valence electrons. The molecule has 1 aromatic heterocycles. The molecule has 0 spiro atoms. The van der Waals surface area contributed by atoms with E-state index < -0.39 is 0 Å². The zero-order valence-electron chi connectivity index (χ0n) is 7.84. The lowest BCUT2D eigenvalue weighted by atomic mass is 10.5. The average Bonchev–Trinajstić information content (AvgIpc) is 2.31. The molecule has 0 aromatic carbocycles. The number of aryl methyl sites for hydroxylation is 1. The van der Waals surface area contributed by atoms with Gasteiger partial charge in [0.1, 0.15) is 0 Å². The molecule has 0 radical (unpaired) electrons. The van der Waals surface area contributed by atoms with Gasteiger partial charge in [-0.1, -0.05) is 0 Å². The first-order valence-corrected chi connectivity index (χ1v) is 3.38. The lowest BCUT2D eigenvalue weighted by Gasteiger charge is -2.01. The van der Waals surface area contributed by atoms with E-state index in [-0.39, 0.29) is 24.8 Å². The van der Waals surface area contributed by atoms with Crippen LogP contribution in [0.25, 0.3) is 0 Å². The van der Waals surface area contributed by atoms with Crippen LogP contribution in [-0.2, 0) is 7.05 Å². The molecule has 0 atom stereocenters. The normalized spacial score (nSPS) is 9.15. The fourth-order valence-electron chi connectivity index (χ4n) is 0.666. The molecular formula is C7H14Cl2N4. The largest absolute Gasteiger partial charge is 0.333 e. The zero-order valence-corrected chi connectivity index (χ0v) is 9.47. The van der Waals surface area contributed by atoms with Gasteiger partial charge in [-0.05, 0) is 0 Å². The lowest BCUT2D eigenvalue weighted by molar-refractivity contribution is 0.440. The Hall–Kier alpha value is -0.740. The lowest BCUT2D eigenvalue weighted by Crippen LogP contribution is -2.03. The minimum Gasteiger partial charge on any atom is -0.333 e. The van der Waals surface area contributed by atoms with Gasteiger partial charge in [0.2, 0.25) is 0 Å². The van der Waals surface area contributed by atoms with E-state index in [4.69, 9.17) is 0 Å². The molecule has 0 amide bonds. The minimum atomic E-state index is 0. The quantitative estimate of drug-likeness (QED) is 0.559. The summed E-state index contributed by atoms with van der Waals surface area (Å²) < 4.78 is 1.91. The Morgan fingerprint density at radius 1 is 1.46 bits per heavy atom. The van der Waals surface area contributed by atoms with E-state index in [2.05, 4.69) is 10.1 Å². The van der Waals surface area contributed by atoms with Gasteiger partial charge in [0, 0.05) is 21.1 Å². The minimum absolute atomic E-state index is 0. The molecule has 1 aromatic rings. The molecule has 1 heterocycles. The summed E-state index contributed by atoms with van der Waals surface area (Å²) in [5.41, 5.74) is 0.999. The van der Waals surface area contributed by atoms with E-state index >= 15 is 0 Å². The summed E-state index contributed by atoms with van der Waals surface area (Å²) in [6.45, 7) is 0. The topological polar surface area (TPSA) is 33.4 Å². The molecule has 0 aliphatic rings. The molecule has 0 aliphatic heterocycles. The molecule has 0 aliphatic carbocycles. The highest BCUT2D eigenvalue weighted by Crippen LogP contribution is 1.91. The van der Waals surface area contributed by atoms with Crippen LogP contribution in [0.3, 0.4) is 0 Å². The van der Waals surface area contributed by atoms with Crippen LogP contribution in [0.4, 0.5) is 0 Å². The highest BCUT2D eigenvalue weighted by atomic mass is 35.5. The summed E-state index contributed by atoms with van der Waals surface area (Å²) in [6, 6.07) is 0. The number of hydrogen-bond donors (Lipinski definition) is 0. The number of nitrogens with zero attached hydrogens (tertiary/aromatic N) is 4. The fourth-order valence-corrected chi connectivity index (χ4v) is 0.666. The monoisotopic (exact) mass is 224 g/mol. The van der Waals surface area contributed by atoms with Crippen LogP contribution in [-0.4, -0.2) is 34.9 Å². The summed E-state index contributed by atoms with van der Waals surface area (Å²) >= 11 is 0. The van der Waals surface area contributed by atoms with Gasteiger partial charge < -0.3 is 9.58 Å². The number of rotatable bonds is 2. The summed E-state index contributed by atoms with van der Waals surface area (Å²) in [5.74, 6) is 0. The first kappa shape index (κ1) is 14.8. The molecule has 0 N–H and O–H groups in total. The van der Waals surface area contributed by atoms with Crippen LogP contribution in [0.2, 0.25) is 0 Å². The molecular weight excluding hydrogens is 211 g/mol. The van der Waals surface area contributed by atoms with E-state index in [1.807, 2.05) is 25.7 Å². The van der Waals surface area contributed by atoms with Crippen molar-refractivity contribution in [1.82, 2.24) is 14.6 Å². The number of aromatic nitrogens is 2. The molecule has 0 fully saturated rings. The van der Waals surface area contributed by atoms with Crippen molar-refractivity contribution in [3.8, 4) is 0 Å². The smallest absolute Gasteiger partial charge is 0.0948 e. The van der Waals surface area contributed by atoms with Gasteiger partial charge in [0.15, 0.2) is 0 Å². The van der Waals surface area contributed by atoms with Gasteiger partial charge in [-0.3, -0.25) is 0 Å². The van der Waals surface area contributed by atoms with Crippen molar-refractivity contribution in [1.29, 1.82) is 0 Å². The summed E-state index contributed by atoms with van der Waals surface area (Å²) in [7, 11) is 5.70. The second-order valence-electron chi connectivity index (χ2n) is 2.52. The Labute approximate surface area is 90.5 Å². The molecule has 0 unspecified atom stereocenters. The summed E-state index contributed by atoms with van der Waals surface area (Å²) in [4.78, 5) is 3.95. The van der Waals surface area contributed by atoms with Crippen LogP contribution >= 0.6 is 24.8 Å². The molecule has 0 saturated heterocycles. The summed E-state index contributed by atoms with van der Waals surface area (Å²) in [6.07, 6.45) is 5.29. The Bertz CT molecular complexity index is 257. The Balaban J connectivity index is 0. The molecule has 13 heavy (non-hydrogen) atoms. The predicted octanol–water partition coefficient (Wildman–Crippen LogP) is 1.16. The summed E-state index contributed by atoms with van der Waals surface area (Å²) in [5, 5.41) is 5.82. The van der Waals surface area contributed by atoms with Crippen LogP contribution < -0.4 is 0 Å². The van der Waals surface area contributed by atoms with Crippen molar-refractivity contribution < 1.29 is 0 Å². The third-order valence-electron chi connectivity index (χ3n) is 1.27. The average molecular weight is 225 g/mol. The van der Waals surface area contributed by atoms with Gasteiger partial charge in [-0.2, -0.15) is 5.10 Å². The first-order valence-electron chi connectivity index (χ1n) is 3.38. The number of halogens is 2. The van der Waals surface area contributed by atoms with Crippen LogP contribution in [0, 0.1) is 0 Å². The van der Waals surface area contributed by atoms with E-state index in [1.54, 1.807) is 23.7 Å². The van der Waals surface area contributed by atoms with Gasteiger partial charge in [-0.25, -0.2) is 4.98 Å². The predicted molar refractivity (Wildman–Crippen MR) is 59.0 cm³/mol. The molecule has 4 nitrogen and oxygen atoms in total. The van der Waals surface area contributed by atoms with Crippen LogP contribution in [0.15, 0.2) is 17.6 Å². The highest BCUT2D eigenvalue weighted by Gasteiger charge is 1.91. The van der Waals surface area contributed by atoms with Crippen molar-refractivity contribution in [2.75, 3.05) is 14.1 Å². The molecule has 1 rings (SSSR count). The van der Waals surface area contributed by atoms with Gasteiger partial charge in [-0.15, -0.1) is 24.8 Å². The Kier molecular flexibility index (Phi) is 7.66. The van der Waals surface area contributed by atoms with Gasteiger partial charge >= 0.3 is 0 Å². The Morgan fingerprint density at radius 2 is 2.08 bits per heavy atom. The third-order valence-corrected chi connectivity index (χ3v) is 1.27. The number of imidazole rings is 1. The van der Waals surface area contributed by atoms with Crippen LogP contribution in [0.1, 0.15) is 5.69 Å². The molecule has 0 bridgehead atoms. The Morgan fingerprint density at radius 3 is 2.46 bits per heavy atom. The number of hydrazone groups is 1. The first-order chi connectivity index (χ1) is 5.20. The van der Waals surface area contributed by atoms with Crippen molar-refractivity contribution in [3.63, 3.8) is 0 Å². The van der Waals surface area contributed by atoms with E-state index in [1.165, 1.54) is 0 Å². The van der Waals surface area contributed by atoms with Gasteiger partial charge in [0.05, 0.1) is 24.4 Å². The van der Waals surface area contributed by atoms with Crippen molar-refractivity contribution in [2.24, 2.45) is 12.1 Å². The number of hydrogen-bond acceptors (Lipinski definition) is 3. The maximum absolute atomic E-state index is 4.08. The maximum atomic E-state index is 4.08. The van der Waals surface area contributed by atoms with Crippen molar-refractivity contribution in [2.45, 2.75) is 0 Å². The fraction of sp³-hybridized carbons (Fsp3) is 0.429. The maximum Gasteiger partial charge on any atom is 0.0948 e. The van der Waals surface area contributed by atoms with Gasteiger partial charge in [0.25, 0.3) is 0 Å². The van der Waals surface area contributed by atoms with E-state index in [0.29, 0.717) is 0 Å². The SMILES string of the molecule is CN(C)/N=C/c1cncn1C.Cl.Cl. The zero-order chi connectivity index (χ0) is 8.27. The third kappa shape index (κ3) is 4.75. The molecule has 0 saturated carbocycles. The standard InChI is InChI=1S/C7H12N4.2ClH/c1-10(2)9-5-7-4-8-6-11(7)3;;/h4-6H,1-3H3;2*1H/b9-5+;;. The van der Waals surface area contributed by atoms with Crippen LogP contribution in [0.5, 0.6) is 0 Å².